The highest BCUT2D eigenvalue weighted by Gasteiger charge is 2.14. The molecule has 0 saturated heterocycles. The zero-order valence-electron chi connectivity index (χ0n) is 9.43. The first-order valence-corrected chi connectivity index (χ1v) is 4.91. The average Bonchev–Trinajstić information content (AvgIpc) is 2.70. The molecule has 0 saturated carbocycles. The van der Waals surface area contributed by atoms with Crippen LogP contribution in [0.25, 0.3) is 11.1 Å². The number of primary amides is 1. The van der Waals surface area contributed by atoms with Crippen LogP contribution in [0.5, 0.6) is 0 Å². The minimum Gasteiger partial charge on any atom is -0.449 e. The van der Waals surface area contributed by atoms with E-state index in [4.69, 9.17) is 10.2 Å². The number of nitrogens with zero attached hydrogens (tertiary/aromatic N) is 2. The van der Waals surface area contributed by atoms with Gasteiger partial charge >= 0.3 is 0 Å². The zero-order valence-corrected chi connectivity index (χ0v) is 9.43. The van der Waals surface area contributed by atoms with E-state index in [1.54, 1.807) is 26.2 Å². The molecule has 0 bridgehead atoms. The molecule has 2 heterocycles. The molecule has 0 unspecified atom stereocenters. The normalized spacial score (nSPS) is 10.5. The molecule has 0 aliphatic carbocycles. The van der Waals surface area contributed by atoms with Gasteiger partial charge in [-0.15, -0.1) is 0 Å². The van der Waals surface area contributed by atoms with Gasteiger partial charge in [-0.3, -0.25) is 9.59 Å². The van der Waals surface area contributed by atoms with Gasteiger partial charge in [-0.25, -0.2) is 4.98 Å². The Labute approximate surface area is 97.0 Å². The Hall–Kier alpha value is -2.37. The first kappa shape index (κ1) is 11.1. The molecule has 6 nitrogen and oxygen atoms in total. The molecule has 2 N–H and O–H groups in total. The van der Waals surface area contributed by atoms with Gasteiger partial charge in [-0.2, -0.15) is 0 Å². The van der Waals surface area contributed by atoms with E-state index >= 15 is 0 Å². The van der Waals surface area contributed by atoms with E-state index in [1.807, 2.05) is 0 Å². The molecule has 0 atom stereocenters. The van der Waals surface area contributed by atoms with Crippen molar-refractivity contribution in [1.29, 1.82) is 0 Å². The molecule has 2 aromatic heterocycles. The van der Waals surface area contributed by atoms with Gasteiger partial charge in [0, 0.05) is 20.2 Å². The summed E-state index contributed by atoms with van der Waals surface area (Å²) >= 11 is 0. The standard InChI is InChI=1S/C11H11N3O3/c1-14(2)11(16)6-3-4-8-7(13-6)5-9(17-8)10(12)15/h3-5H,1-2H3,(H2,12,15). The Balaban J connectivity index is 2.50. The van der Waals surface area contributed by atoms with Gasteiger partial charge < -0.3 is 15.1 Å². The largest absolute Gasteiger partial charge is 0.449 e. The highest BCUT2D eigenvalue weighted by molar-refractivity contribution is 5.96. The Morgan fingerprint density at radius 1 is 1.35 bits per heavy atom. The van der Waals surface area contributed by atoms with Crippen molar-refractivity contribution >= 4 is 22.9 Å². The number of pyridine rings is 1. The summed E-state index contributed by atoms with van der Waals surface area (Å²) < 4.78 is 5.16. The molecule has 0 aliphatic rings. The second kappa shape index (κ2) is 3.89. The molecule has 2 aromatic rings. The van der Waals surface area contributed by atoms with E-state index in [-0.39, 0.29) is 11.7 Å². The summed E-state index contributed by atoms with van der Waals surface area (Å²) in [6.07, 6.45) is 0. The molecule has 0 radical (unpaired) electrons. The van der Waals surface area contributed by atoms with Gasteiger partial charge in [0.2, 0.25) is 0 Å². The second-order valence-electron chi connectivity index (χ2n) is 3.75. The monoisotopic (exact) mass is 233 g/mol. The molecule has 2 rings (SSSR count). The lowest BCUT2D eigenvalue weighted by Gasteiger charge is -2.08. The summed E-state index contributed by atoms with van der Waals surface area (Å²) in [6.45, 7) is 0. The highest BCUT2D eigenvalue weighted by atomic mass is 16.3. The number of nitrogens with two attached hydrogens (primary N) is 1. The summed E-state index contributed by atoms with van der Waals surface area (Å²) in [6, 6.07) is 4.55. The highest BCUT2D eigenvalue weighted by Crippen LogP contribution is 2.17. The molecule has 0 fully saturated rings. The van der Waals surface area contributed by atoms with Crippen LogP contribution in [0.4, 0.5) is 0 Å². The fourth-order valence-electron chi connectivity index (χ4n) is 1.39. The van der Waals surface area contributed by atoms with Gasteiger partial charge in [-0.05, 0) is 12.1 Å². The summed E-state index contributed by atoms with van der Waals surface area (Å²) in [5.41, 5.74) is 6.24. The number of hydrogen-bond donors (Lipinski definition) is 1. The number of carbonyl (C=O) groups excluding carboxylic acids is 2. The van der Waals surface area contributed by atoms with Gasteiger partial charge in [-0.1, -0.05) is 0 Å². The van der Waals surface area contributed by atoms with Crippen molar-refractivity contribution in [2.24, 2.45) is 5.73 Å². The maximum absolute atomic E-state index is 11.7. The third-order valence-electron chi connectivity index (χ3n) is 2.24. The van der Waals surface area contributed by atoms with Gasteiger partial charge in [0.15, 0.2) is 11.3 Å². The summed E-state index contributed by atoms with van der Waals surface area (Å²) in [7, 11) is 3.27. The topological polar surface area (TPSA) is 89.4 Å². The van der Waals surface area contributed by atoms with E-state index in [0.717, 1.165) is 0 Å². The zero-order chi connectivity index (χ0) is 12.6. The molecular weight excluding hydrogens is 222 g/mol. The van der Waals surface area contributed by atoms with E-state index in [2.05, 4.69) is 4.98 Å². The average molecular weight is 233 g/mol. The van der Waals surface area contributed by atoms with E-state index in [0.29, 0.717) is 16.8 Å². The fourth-order valence-corrected chi connectivity index (χ4v) is 1.39. The quantitative estimate of drug-likeness (QED) is 0.823. The van der Waals surface area contributed by atoms with Crippen LogP contribution in [0.1, 0.15) is 21.0 Å². The third kappa shape index (κ3) is 1.96. The molecule has 88 valence electrons. The number of furan rings is 1. The van der Waals surface area contributed by atoms with Gasteiger partial charge in [0.1, 0.15) is 11.2 Å². The van der Waals surface area contributed by atoms with Crippen molar-refractivity contribution in [2.45, 2.75) is 0 Å². The molecule has 0 spiro atoms. The predicted molar refractivity (Wildman–Crippen MR) is 60.5 cm³/mol. The second-order valence-corrected chi connectivity index (χ2v) is 3.75. The molecule has 17 heavy (non-hydrogen) atoms. The Bertz CT molecular complexity index is 601. The van der Waals surface area contributed by atoms with Crippen LogP contribution >= 0.6 is 0 Å². The number of amides is 2. The number of rotatable bonds is 2. The molecular formula is C11H11N3O3. The van der Waals surface area contributed by atoms with Crippen molar-refractivity contribution < 1.29 is 14.0 Å². The van der Waals surface area contributed by atoms with Crippen molar-refractivity contribution in [2.75, 3.05) is 14.1 Å². The maximum Gasteiger partial charge on any atom is 0.284 e. The Morgan fingerprint density at radius 2 is 2.06 bits per heavy atom. The first-order chi connectivity index (χ1) is 7.99. The number of fused-ring (bicyclic) bond motifs is 1. The Kier molecular flexibility index (Phi) is 2.55. The van der Waals surface area contributed by atoms with Crippen LogP contribution in [-0.2, 0) is 0 Å². The smallest absolute Gasteiger partial charge is 0.284 e. The third-order valence-corrected chi connectivity index (χ3v) is 2.24. The summed E-state index contributed by atoms with van der Waals surface area (Å²) in [4.78, 5) is 28.1. The minimum absolute atomic E-state index is 0.0296. The van der Waals surface area contributed by atoms with Crippen LogP contribution in [0.3, 0.4) is 0 Å². The first-order valence-electron chi connectivity index (χ1n) is 4.91. The van der Waals surface area contributed by atoms with Gasteiger partial charge in [0.25, 0.3) is 11.8 Å². The Morgan fingerprint density at radius 3 is 2.65 bits per heavy atom. The summed E-state index contributed by atoms with van der Waals surface area (Å²) in [5.74, 6) is -0.848. The van der Waals surface area contributed by atoms with Crippen molar-refractivity contribution in [3.05, 3.63) is 29.7 Å². The van der Waals surface area contributed by atoms with E-state index in [1.165, 1.54) is 11.0 Å². The lowest BCUT2D eigenvalue weighted by Crippen LogP contribution is -2.22. The SMILES string of the molecule is CN(C)C(=O)c1ccc2oc(C(N)=O)cc2n1. The molecule has 6 heteroatoms. The lowest BCUT2D eigenvalue weighted by atomic mass is 10.3. The molecule has 0 aliphatic heterocycles. The lowest BCUT2D eigenvalue weighted by molar-refractivity contribution is 0.0822. The van der Waals surface area contributed by atoms with Gasteiger partial charge in [0.05, 0.1) is 0 Å². The van der Waals surface area contributed by atoms with E-state index < -0.39 is 5.91 Å². The van der Waals surface area contributed by atoms with Crippen LogP contribution < -0.4 is 5.73 Å². The van der Waals surface area contributed by atoms with Crippen molar-refractivity contribution in [3.63, 3.8) is 0 Å². The van der Waals surface area contributed by atoms with Crippen LogP contribution in [-0.4, -0.2) is 35.8 Å². The van der Waals surface area contributed by atoms with Crippen LogP contribution in [0, 0.1) is 0 Å². The van der Waals surface area contributed by atoms with Crippen LogP contribution in [0.2, 0.25) is 0 Å². The summed E-state index contributed by atoms with van der Waals surface area (Å²) in [5, 5.41) is 0. The molecule has 2 amide bonds. The van der Waals surface area contributed by atoms with Crippen molar-refractivity contribution in [1.82, 2.24) is 9.88 Å². The minimum atomic E-state index is -0.663. The maximum atomic E-state index is 11.7. The number of hydrogen-bond acceptors (Lipinski definition) is 4. The number of aromatic nitrogens is 1. The number of carbonyl (C=O) groups is 2. The fraction of sp³-hybridized carbons (Fsp3) is 0.182. The van der Waals surface area contributed by atoms with Crippen LogP contribution in [0.15, 0.2) is 22.6 Å². The van der Waals surface area contributed by atoms with E-state index in [9.17, 15) is 9.59 Å². The molecule has 0 aromatic carbocycles. The van der Waals surface area contributed by atoms with Crippen molar-refractivity contribution in [3.8, 4) is 0 Å². The predicted octanol–water partition coefficient (Wildman–Crippen LogP) is 0.629.